The third-order valence-corrected chi connectivity index (χ3v) is 25.1. The molecule has 1 unspecified atom stereocenters. The van der Waals surface area contributed by atoms with Crippen LogP contribution in [0, 0.1) is 104 Å². The normalized spacial score (nSPS) is 11.1. The van der Waals surface area contributed by atoms with E-state index in [1.165, 1.54) is 188 Å². The molecule has 684 valence electrons. The molecule has 1 atom stereocenters. The van der Waals surface area contributed by atoms with Gasteiger partial charge >= 0.3 is 0 Å². The second kappa shape index (κ2) is 46.3. The van der Waals surface area contributed by atoms with Gasteiger partial charge in [0.15, 0.2) is 0 Å². The van der Waals surface area contributed by atoms with Crippen LogP contribution < -0.4 is 29.4 Å². The molecular formula is C129H138N6. The average molecular weight is 1770 g/mol. The van der Waals surface area contributed by atoms with Crippen molar-refractivity contribution in [3.05, 3.63) is 501 Å². The van der Waals surface area contributed by atoms with Crippen LogP contribution >= 0.6 is 0 Å². The van der Waals surface area contributed by atoms with Gasteiger partial charge in [0.25, 0.3) is 0 Å². The zero-order valence-electron chi connectivity index (χ0n) is 83.7. The van der Waals surface area contributed by atoms with Crippen molar-refractivity contribution in [3.63, 3.8) is 0 Å². The van der Waals surface area contributed by atoms with E-state index in [-0.39, 0.29) is 5.41 Å². The van der Waals surface area contributed by atoms with Crippen LogP contribution in [0.5, 0.6) is 0 Å². The van der Waals surface area contributed by atoms with Crippen LogP contribution in [0.4, 0.5) is 102 Å². The minimum absolute atomic E-state index is 0.145. The molecule has 0 aromatic heterocycles. The fourth-order valence-electron chi connectivity index (χ4n) is 16.5. The summed E-state index contributed by atoms with van der Waals surface area (Å²) >= 11 is 0. The number of hydrogen-bond acceptors (Lipinski definition) is 6. The Morgan fingerprint density at radius 2 is 0.348 bits per heavy atom. The minimum Gasteiger partial charge on any atom is -0.311 e. The highest BCUT2D eigenvalue weighted by Gasteiger charge is 2.24. The highest BCUT2D eigenvalue weighted by Crippen LogP contribution is 2.45. The first-order chi connectivity index (χ1) is 65.0. The van der Waals surface area contributed by atoms with Crippen LogP contribution in [-0.2, 0) is 11.8 Å². The molecule has 0 aliphatic heterocycles. The molecule has 135 heavy (non-hydrogen) atoms. The Morgan fingerprint density at radius 3 is 0.504 bits per heavy atom. The minimum atomic E-state index is 0.145. The van der Waals surface area contributed by atoms with E-state index in [2.05, 4.69) is 575 Å². The Hall–Kier alpha value is -14.5. The standard InChI is InChI=1S/C34H32N2.C26H31N.2C24H27N.C21H21N/c1-25-5-13-29(14-6-25)35(30-15-7-26(2)8-16-30)33-21-23-34(24-22-33)36(31-17-9-27(3)10-18-31)32-19-11-28(4)12-20-32;1-18-8-12-23(13-9-18)27(24-14-10-19(2)11-15-24)25-20(3)16-22(17-21(25)4)26(5,6)7;1-5-20(4)21-10-16-24(17-11-21)25(22-12-6-18(2)7-13-22)23-14-8-19(3)9-15-23;1-4-5-6-21-11-17-24(18-12-21)25(22-13-7-19(2)8-14-22)23-15-9-20(3)10-16-23;1-16-4-10-19(11-5-16)22(20-12-6-17(2)7-13-20)21-14-8-18(3)9-15-21/h5-24H,1-4H3;8-17H,1-7H3;6-17,20H,5H2,1-4H3;7-18H,4-6H2,1-3H3;4-15H,1-3H3. The van der Waals surface area contributed by atoms with Gasteiger partial charge in [0.05, 0.1) is 5.69 Å². The summed E-state index contributed by atoms with van der Waals surface area (Å²) in [6, 6.07) is 145. The van der Waals surface area contributed by atoms with Gasteiger partial charge in [-0.3, -0.25) is 0 Å². The molecule has 0 saturated heterocycles. The summed E-state index contributed by atoms with van der Waals surface area (Å²) in [7, 11) is 0. The zero-order chi connectivity index (χ0) is 95.8. The molecule has 0 fully saturated rings. The lowest BCUT2D eigenvalue weighted by Crippen LogP contribution is -2.16. The van der Waals surface area contributed by atoms with Crippen molar-refractivity contribution in [1.29, 1.82) is 0 Å². The first kappa shape index (κ1) is 98.1. The van der Waals surface area contributed by atoms with Gasteiger partial charge in [-0.15, -0.1) is 0 Å². The van der Waals surface area contributed by atoms with Gasteiger partial charge in [-0.1, -0.05) is 314 Å². The lowest BCUT2D eigenvalue weighted by atomic mass is 9.84. The Balaban J connectivity index is 0.000000144. The van der Waals surface area contributed by atoms with E-state index < -0.39 is 0 Å². The summed E-state index contributed by atoms with van der Waals surface area (Å²) in [6.45, 7) is 45.7. The summed E-state index contributed by atoms with van der Waals surface area (Å²) in [4.78, 5) is 13.9. The first-order valence-corrected chi connectivity index (χ1v) is 48.1. The van der Waals surface area contributed by atoms with Crippen molar-refractivity contribution < 1.29 is 0 Å². The lowest BCUT2D eigenvalue weighted by molar-refractivity contribution is 0.589. The number of aryl methyl sites for hydroxylation is 16. The molecule has 0 aliphatic carbocycles. The maximum atomic E-state index is 2.38. The number of hydrogen-bond donors (Lipinski definition) is 0. The Labute approximate surface area is 809 Å². The average Bonchev–Trinajstić information content (AvgIpc) is 0.773. The molecule has 6 heteroatoms. The van der Waals surface area contributed by atoms with Gasteiger partial charge in [0.2, 0.25) is 0 Å². The molecule has 0 aliphatic rings. The van der Waals surface area contributed by atoms with E-state index >= 15 is 0 Å². The van der Waals surface area contributed by atoms with Crippen molar-refractivity contribution >= 4 is 102 Å². The molecule has 0 bridgehead atoms. The van der Waals surface area contributed by atoms with E-state index in [0.29, 0.717) is 5.92 Å². The molecular weight excluding hydrogens is 1630 g/mol. The van der Waals surface area contributed by atoms with Gasteiger partial charge in [0, 0.05) is 96.7 Å². The molecule has 0 heterocycles. The molecule has 0 spiro atoms. The summed E-state index contributed by atoms with van der Waals surface area (Å²) in [6.07, 6.45) is 4.81. The smallest absolute Gasteiger partial charge is 0.0520 e. The van der Waals surface area contributed by atoms with Gasteiger partial charge in [-0.05, 0) is 369 Å². The summed E-state index contributed by atoms with van der Waals surface area (Å²) in [5.41, 5.74) is 44.6. The number of rotatable bonds is 23. The highest BCUT2D eigenvalue weighted by atomic mass is 15.2. The summed E-state index contributed by atoms with van der Waals surface area (Å²) < 4.78 is 0. The highest BCUT2D eigenvalue weighted by molar-refractivity contribution is 5.85. The largest absolute Gasteiger partial charge is 0.311 e. The lowest BCUT2D eigenvalue weighted by Gasteiger charge is -2.31. The molecule has 17 rings (SSSR count). The summed E-state index contributed by atoms with van der Waals surface area (Å²) in [5, 5.41) is 0. The fraction of sp³-hybridized carbons (Fsp3) is 0.209. The van der Waals surface area contributed by atoms with Gasteiger partial charge in [-0.2, -0.15) is 0 Å². The molecule has 17 aromatic rings. The summed E-state index contributed by atoms with van der Waals surface area (Å²) in [5.74, 6) is 0.598. The number of nitrogens with zero attached hydrogens (tertiary/aromatic N) is 6. The second-order valence-electron chi connectivity index (χ2n) is 37.8. The molecule has 0 saturated carbocycles. The van der Waals surface area contributed by atoms with E-state index in [0.717, 1.165) is 40.5 Å². The monoisotopic (exact) mass is 1770 g/mol. The topological polar surface area (TPSA) is 19.4 Å². The van der Waals surface area contributed by atoms with E-state index in [4.69, 9.17) is 0 Å². The maximum Gasteiger partial charge on any atom is 0.0520 e. The van der Waals surface area contributed by atoms with Crippen molar-refractivity contribution in [2.75, 3.05) is 29.4 Å². The number of benzene rings is 17. The Morgan fingerprint density at radius 1 is 0.200 bits per heavy atom. The van der Waals surface area contributed by atoms with Crippen LogP contribution in [-0.4, -0.2) is 0 Å². The fourth-order valence-corrected chi connectivity index (χ4v) is 16.5. The predicted molar refractivity (Wildman–Crippen MR) is 587 cm³/mol. The van der Waals surface area contributed by atoms with Crippen molar-refractivity contribution in [1.82, 2.24) is 0 Å². The van der Waals surface area contributed by atoms with Crippen LogP contribution in [0.1, 0.15) is 167 Å². The predicted octanol–water partition coefficient (Wildman–Crippen LogP) is 38.0. The van der Waals surface area contributed by atoms with E-state index in [1.807, 2.05) is 0 Å². The van der Waals surface area contributed by atoms with Crippen LogP contribution in [0.15, 0.2) is 400 Å². The van der Waals surface area contributed by atoms with Gasteiger partial charge < -0.3 is 29.4 Å². The van der Waals surface area contributed by atoms with Crippen LogP contribution in [0.2, 0.25) is 0 Å². The van der Waals surface area contributed by atoms with Crippen LogP contribution in [0.3, 0.4) is 0 Å². The van der Waals surface area contributed by atoms with Crippen molar-refractivity contribution in [2.45, 2.75) is 182 Å². The van der Waals surface area contributed by atoms with Crippen molar-refractivity contribution in [3.8, 4) is 0 Å². The van der Waals surface area contributed by atoms with E-state index in [1.54, 1.807) is 0 Å². The first-order valence-electron chi connectivity index (χ1n) is 48.1. The SMILES string of the molecule is CCC(C)c1ccc(N(c2ccc(C)cc2)c2ccc(C)cc2)cc1.CCCCc1ccc(N(c2ccc(C)cc2)c2ccc(C)cc2)cc1.Cc1ccc(N(c2ccc(C)cc2)c2c(C)cc(C(C)(C)C)cc2C)cc1.Cc1ccc(N(c2ccc(C)cc2)c2ccc(C)cc2)cc1.Cc1ccc(N(c2ccc(C)cc2)c2ccc(N(c3ccc(C)cc3)c3ccc(C)cc3)cc2)cc1. The van der Waals surface area contributed by atoms with Gasteiger partial charge in [0.1, 0.15) is 0 Å². The second-order valence-corrected chi connectivity index (χ2v) is 37.8. The zero-order valence-corrected chi connectivity index (χ0v) is 83.7. The number of unbranched alkanes of at least 4 members (excludes halogenated alkanes) is 1. The van der Waals surface area contributed by atoms with Crippen molar-refractivity contribution in [2.24, 2.45) is 0 Å². The van der Waals surface area contributed by atoms with E-state index in [9.17, 15) is 0 Å². The Kier molecular flexibility index (Phi) is 33.6. The Bertz CT molecular complexity index is 6050. The molecule has 0 amide bonds. The van der Waals surface area contributed by atoms with Gasteiger partial charge in [-0.25, -0.2) is 0 Å². The quantitative estimate of drug-likeness (QED) is 0.0631. The van der Waals surface area contributed by atoms with Crippen LogP contribution in [0.25, 0.3) is 0 Å². The maximum absolute atomic E-state index is 2.38. The third-order valence-electron chi connectivity index (χ3n) is 25.1. The number of anilines is 18. The molecule has 0 N–H and O–H groups in total. The molecule has 17 aromatic carbocycles. The third kappa shape index (κ3) is 26.5. The molecule has 0 radical (unpaired) electrons. The molecule has 6 nitrogen and oxygen atoms in total.